The highest BCUT2D eigenvalue weighted by molar-refractivity contribution is 5.44. The second-order valence-electron chi connectivity index (χ2n) is 4.88. The molecule has 1 N–H and O–H groups in total. The first-order valence-corrected chi connectivity index (χ1v) is 6.79. The van der Waals surface area contributed by atoms with E-state index in [0.29, 0.717) is 0 Å². The van der Waals surface area contributed by atoms with Crippen LogP contribution in [0.1, 0.15) is 24.0 Å². The molecule has 0 amide bonds. The van der Waals surface area contributed by atoms with Gasteiger partial charge < -0.3 is 5.32 Å². The fourth-order valence-corrected chi connectivity index (χ4v) is 2.05. The van der Waals surface area contributed by atoms with Gasteiger partial charge in [-0.15, -0.1) is 0 Å². The second-order valence-corrected chi connectivity index (χ2v) is 4.88. The van der Waals surface area contributed by atoms with Crippen molar-refractivity contribution in [3.05, 3.63) is 65.5 Å². The van der Waals surface area contributed by atoms with Gasteiger partial charge in [-0.05, 0) is 56.0 Å². The lowest BCUT2D eigenvalue weighted by Gasteiger charge is -2.06. The number of rotatable bonds is 6. The van der Waals surface area contributed by atoms with E-state index in [1.54, 1.807) is 12.1 Å². The van der Waals surface area contributed by atoms with Crippen LogP contribution in [-0.4, -0.2) is 6.54 Å². The van der Waals surface area contributed by atoms with Gasteiger partial charge in [0.15, 0.2) is 0 Å². The van der Waals surface area contributed by atoms with Crippen LogP contribution in [0.15, 0.2) is 48.5 Å². The van der Waals surface area contributed by atoms with Crippen LogP contribution in [0.3, 0.4) is 0 Å². The third-order valence-corrected chi connectivity index (χ3v) is 3.16. The normalized spacial score (nSPS) is 10.4. The van der Waals surface area contributed by atoms with Crippen LogP contribution < -0.4 is 5.32 Å². The molecule has 100 valence electrons. The smallest absolute Gasteiger partial charge is 0.123 e. The topological polar surface area (TPSA) is 12.0 Å². The quantitative estimate of drug-likeness (QED) is 0.747. The predicted molar refractivity (Wildman–Crippen MR) is 79.0 cm³/mol. The van der Waals surface area contributed by atoms with Crippen molar-refractivity contribution >= 4 is 5.69 Å². The first kappa shape index (κ1) is 13.6. The van der Waals surface area contributed by atoms with Crippen molar-refractivity contribution in [1.82, 2.24) is 0 Å². The van der Waals surface area contributed by atoms with Crippen molar-refractivity contribution in [2.45, 2.75) is 26.2 Å². The van der Waals surface area contributed by atoms with Gasteiger partial charge in [-0.25, -0.2) is 4.39 Å². The van der Waals surface area contributed by atoms with Gasteiger partial charge in [-0.3, -0.25) is 0 Å². The fraction of sp³-hybridized carbons (Fsp3) is 0.294. The van der Waals surface area contributed by atoms with Crippen LogP contribution in [0.5, 0.6) is 0 Å². The van der Waals surface area contributed by atoms with E-state index in [4.69, 9.17) is 0 Å². The molecular formula is C17H20FN. The molecule has 0 aliphatic rings. The number of benzene rings is 2. The van der Waals surface area contributed by atoms with Crippen LogP contribution >= 0.6 is 0 Å². The van der Waals surface area contributed by atoms with Gasteiger partial charge in [-0.1, -0.05) is 29.8 Å². The average molecular weight is 257 g/mol. The lowest BCUT2D eigenvalue weighted by molar-refractivity contribution is 0.624. The van der Waals surface area contributed by atoms with Crippen LogP contribution in [0.25, 0.3) is 0 Å². The zero-order valence-electron chi connectivity index (χ0n) is 11.3. The lowest BCUT2D eigenvalue weighted by atomic mass is 10.1. The molecule has 0 heterocycles. The number of hydrogen-bond donors (Lipinski definition) is 1. The number of unbranched alkanes of at least 4 members (excludes halogenated alkanes) is 1. The van der Waals surface area contributed by atoms with Crippen LogP contribution in [0, 0.1) is 12.7 Å². The Labute approximate surface area is 114 Å². The molecule has 2 rings (SSSR count). The van der Waals surface area contributed by atoms with E-state index in [0.717, 1.165) is 37.1 Å². The van der Waals surface area contributed by atoms with Gasteiger partial charge in [0, 0.05) is 12.2 Å². The Hall–Kier alpha value is -1.83. The number of anilines is 1. The number of hydrogen-bond acceptors (Lipinski definition) is 1. The van der Waals surface area contributed by atoms with Crippen molar-refractivity contribution in [3.8, 4) is 0 Å². The number of aryl methyl sites for hydroxylation is 2. The van der Waals surface area contributed by atoms with E-state index in [1.165, 1.54) is 11.6 Å². The number of halogens is 1. The molecular weight excluding hydrogens is 237 g/mol. The summed E-state index contributed by atoms with van der Waals surface area (Å²) >= 11 is 0. The Morgan fingerprint density at radius 3 is 2.53 bits per heavy atom. The van der Waals surface area contributed by atoms with Crippen molar-refractivity contribution in [3.63, 3.8) is 0 Å². The molecule has 0 atom stereocenters. The molecule has 0 aromatic heterocycles. The summed E-state index contributed by atoms with van der Waals surface area (Å²) in [6, 6.07) is 15.3. The summed E-state index contributed by atoms with van der Waals surface area (Å²) in [6.07, 6.45) is 3.10. The van der Waals surface area contributed by atoms with E-state index < -0.39 is 0 Å². The molecule has 0 bridgehead atoms. The summed E-state index contributed by atoms with van der Waals surface area (Å²) < 4.78 is 13.0. The Kier molecular flexibility index (Phi) is 4.96. The molecule has 0 saturated carbocycles. The van der Waals surface area contributed by atoms with Gasteiger partial charge in [0.25, 0.3) is 0 Å². The molecule has 0 fully saturated rings. The highest BCUT2D eigenvalue weighted by atomic mass is 19.1. The first-order chi connectivity index (χ1) is 9.24. The summed E-state index contributed by atoms with van der Waals surface area (Å²) in [7, 11) is 0. The molecule has 0 aliphatic heterocycles. The predicted octanol–water partition coefficient (Wildman–Crippen LogP) is 4.57. The second kappa shape index (κ2) is 6.93. The lowest BCUT2D eigenvalue weighted by Crippen LogP contribution is -2.02. The van der Waals surface area contributed by atoms with E-state index in [2.05, 4.69) is 36.5 Å². The van der Waals surface area contributed by atoms with Crippen molar-refractivity contribution < 1.29 is 4.39 Å². The summed E-state index contributed by atoms with van der Waals surface area (Å²) in [5.41, 5.74) is 3.52. The molecule has 1 nitrogen and oxygen atoms in total. The Balaban J connectivity index is 1.66. The average Bonchev–Trinajstić information content (AvgIpc) is 2.41. The maximum Gasteiger partial charge on any atom is 0.123 e. The highest BCUT2D eigenvalue weighted by Crippen LogP contribution is 2.10. The van der Waals surface area contributed by atoms with E-state index in [9.17, 15) is 4.39 Å². The third kappa shape index (κ3) is 4.74. The van der Waals surface area contributed by atoms with E-state index in [1.807, 2.05) is 6.07 Å². The van der Waals surface area contributed by atoms with Gasteiger partial charge in [0.1, 0.15) is 5.82 Å². The SMILES string of the molecule is Cc1ccc(NCCCCc2cccc(F)c2)cc1. The molecule has 19 heavy (non-hydrogen) atoms. The third-order valence-electron chi connectivity index (χ3n) is 3.16. The molecule has 0 aliphatic carbocycles. The maximum absolute atomic E-state index is 13.0. The summed E-state index contributed by atoms with van der Waals surface area (Å²) in [5.74, 6) is -0.143. The Morgan fingerprint density at radius 1 is 1.00 bits per heavy atom. The number of nitrogens with one attached hydrogen (secondary N) is 1. The van der Waals surface area contributed by atoms with Crippen LogP contribution in [-0.2, 0) is 6.42 Å². The van der Waals surface area contributed by atoms with Crippen molar-refractivity contribution in [1.29, 1.82) is 0 Å². The van der Waals surface area contributed by atoms with Gasteiger partial charge in [0.05, 0.1) is 0 Å². The summed E-state index contributed by atoms with van der Waals surface area (Å²) in [4.78, 5) is 0. The minimum Gasteiger partial charge on any atom is -0.385 e. The summed E-state index contributed by atoms with van der Waals surface area (Å²) in [5, 5.41) is 3.40. The van der Waals surface area contributed by atoms with Crippen molar-refractivity contribution in [2.24, 2.45) is 0 Å². The minimum absolute atomic E-state index is 0.143. The molecule has 0 spiro atoms. The highest BCUT2D eigenvalue weighted by Gasteiger charge is 1.96. The van der Waals surface area contributed by atoms with E-state index >= 15 is 0 Å². The Bertz CT molecular complexity index is 505. The van der Waals surface area contributed by atoms with Gasteiger partial charge in [0.2, 0.25) is 0 Å². The maximum atomic E-state index is 13.0. The van der Waals surface area contributed by atoms with Crippen LogP contribution in [0.2, 0.25) is 0 Å². The largest absolute Gasteiger partial charge is 0.385 e. The standard InChI is InChI=1S/C17H20FN/c1-14-8-10-17(11-9-14)19-12-3-2-5-15-6-4-7-16(18)13-15/h4,6-11,13,19H,2-3,5,12H2,1H3. The fourth-order valence-electron chi connectivity index (χ4n) is 2.05. The molecule has 2 heteroatoms. The Morgan fingerprint density at radius 2 is 1.79 bits per heavy atom. The van der Waals surface area contributed by atoms with Crippen molar-refractivity contribution in [2.75, 3.05) is 11.9 Å². The van der Waals surface area contributed by atoms with Crippen LogP contribution in [0.4, 0.5) is 10.1 Å². The van der Waals surface area contributed by atoms with Gasteiger partial charge in [-0.2, -0.15) is 0 Å². The molecule has 2 aromatic carbocycles. The van der Waals surface area contributed by atoms with E-state index in [-0.39, 0.29) is 5.82 Å². The van der Waals surface area contributed by atoms with Gasteiger partial charge >= 0.3 is 0 Å². The molecule has 2 aromatic rings. The first-order valence-electron chi connectivity index (χ1n) is 6.79. The minimum atomic E-state index is -0.143. The monoisotopic (exact) mass is 257 g/mol. The molecule has 0 saturated heterocycles. The zero-order valence-corrected chi connectivity index (χ0v) is 11.3. The summed E-state index contributed by atoms with van der Waals surface area (Å²) in [6.45, 7) is 3.04. The molecule has 0 unspecified atom stereocenters. The zero-order chi connectivity index (χ0) is 13.5. The molecule has 0 radical (unpaired) electrons.